The monoisotopic (exact) mass is 298 g/mol. The number of furan rings is 1. The lowest BCUT2D eigenvalue weighted by Gasteiger charge is -2.38. The number of nitrogens with zero attached hydrogens (tertiary/aromatic N) is 1. The van der Waals surface area contributed by atoms with E-state index < -0.39 is 0 Å². The number of likely N-dealkylation sites (tertiary alicyclic amines) is 1. The number of hydrogen-bond acceptors (Lipinski definition) is 3. The van der Waals surface area contributed by atoms with Crippen molar-refractivity contribution >= 4 is 16.9 Å². The minimum Gasteiger partial charge on any atom is -0.451 e. The van der Waals surface area contributed by atoms with Gasteiger partial charge in [0, 0.05) is 25.0 Å². The van der Waals surface area contributed by atoms with Gasteiger partial charge in [0.1, 0.15) is 5.58 Å². The van der Waals surface area contributed by atoms with Crippen LogP contribution in [-0.2, 0) is 0 Å². The van der Waals surface area contributed by atoms with Crippen LogP contribution in [0, 0.1) is 12.3 Å². The highest BCUT2D eigenvalue weighted by atomic mass is 16.3. The average Bonchev–Trinajstić information content (AvgIpc) is 3.14. The van der Waals surface area contributed by atoms with Gasteiger partial charge in [0.05, 0.1) is 0 Å². The fraction of sp³-hybridized carbons (Fsp3) is 0.500. The largest absolute Gasteiger partial charge is 0.451 e. The van der Waals surface area contributed by atoms with E-state index in [9.17, 15) is 4.79 Å². The van der Waals surface area contributed by atoms with Crippen molar-refractivity contribution in [2.24, 2.45) is 5.41 Å². The van der Waals surface area contributed by atoms with Crippen LogP contribution in [0.5, 0.6) is 0 Å². The average molecular weight is 298 g/mol. The van der Waals surface area contributed by atoms with Crippen LogP contribution in [0.25, 0.3) is 11.0 Å². The summed E-state index contributed by atoms with van der Waals surface area (Å²) in [5.74, 6) is 0.510. The second-order valence-corrected chi connectivity index (χ2v) is 6.87. The van der Waals surface area contributed by atoms with E-state index in [0.717, 1.165) is 50.0 Å². The van der Waals surface area contributed by atoms with Gasteiger partial charge in [0.25, 0.3) is 5.91 Å². The second kappa shape index (κ2) is 5.13. The molecule has 3 heterocycles. The van der Waals surface area contributed by atoms with Crippen molar-refractivity contribution in [3.63, 3.8) is 0 Å². The fourth-order valence-corrected chi connectivity index (χ4v) is 3.83. The number of hydrogen-bond donors (Lipinski definition) is 1. The molecule has 0 radical (unpaired) electrons. The van der Waals surface area contributed by atoms with Crippen LogP contribution in [0.3, 0.4) is 0 Å². The maximum atomic E-state index is 12.7. The predicted octanol–water partition coefficient (Wildman–Crippen LogP) is 2.96. The number of aryl methyl sites for hydroxylation is 1. The lowest BCUT2D eigenvalue weighted by Crippen LogP contribution is -2.43. The number of rotatable bonds is 1. The minimum absolute atomic E-state index is 0.0367. The van der Waals surface area contributed by atoms with Crippen LogP contribution in [0.15, 0.2) is 28.7 Å². The van der Waals surface area contributed by atoms with E-state index in [2.05, 4.69) is 11.4 Å². The molecule has 1 spiro atoms. The Hall–Kier alpha value is -1.81. The third-order valence-corrected chi connectivity index (χ3v) is 5.33. The molecule has 2 saturated heterocycles. The highest BCUT2D eigenvalue weighted by Gasteiger charge is 2.38. The van der Waals surface area contributed by atoms with Gasteiger partial charge in [-0.2, -0.15) is 0 Å². The molecule has 4 rings (SSSR count). The first kappa shape index (κ1) is 13.8. The molecular weight excluding hydrogens is 276 g/mol. The maximum absolute atomic E-state index is 12.7. The Morgan fingerprint density at radius 1 is 1.23 bits per heavy atom. The van der Waals surface area contributed by atoms with Gasteiger partial charge in [0.15, 0.2) is 5.76 Å². The first-order valence-corrected chi connectivity index (χ1v) is 8.16. The zero-order valence-electron chi connectivity index (χ0n) is 13.0. The molecule has 0 bridgehead atoms. The predicted molar refractivity (Wildman–Crippen MR) is 86.0 cm³/mol. The molecule has 1 N–H and O–H groups in total. The molecule has 4 heteroatoms. The highest BCUT2D eigenvalue weighted by molar-refractivity contribution is 5.96. The smallest absolute Gasteiger partial charge is 0.289 e. The van der Waals surface area contributed by atoms with E-state index in [1.54, 1.807) is 0 Å². The quantitative estimate of drug-likeness (QED) is 0.880. The SMILES string of the molecule is Cc1ccc2oc(C(=O)N3CCC4(CCNC4)CC3)cc2c1. The van der Waals surface area contributed by atoms with Crippen LogP contribution < -0.4 is 5.32 Å². The number of nitrogens with one attached hydrogen (secondary N) is 1. The van der Waals surface area contributed by atoms with Gasteiger partial charge in [-0.25, -0.2) is 0 Å². The van der Waals surface area contributed by atoms with Crippen molar-refractivity contribution in [1.29, 1.82) is 0 Å². The third-order valence-electron chi connectivity index (χ3n) is 5.33. The fourth-order valence-electron chi connectivity index (χ4n) is 3.83. The van der Waals surface area contributed by atoms with E-state index in [-0.39, 0.29) is 5.91 Å². The van der Waals surface area contributed by atoms with Gasteiger partial charge < -0.3 is 14.6 Å². The number of piperidine rings is 1. The highest BCUT2D eigenvalue weighted by Crippen LogP contribution is 2.37. The van der Waals surface area contributed by atoms with Gasteiger partial charge in [-0.1, -0.05) is 11.6 Å². The summed E-state index contributed by atoms with van der Waals surface area (Å²) in [5.41, 5.74) is 2.41. The van der Waals surface area contributed by atoms with Crippen molar-refractivity contribution in [2.45, 2.75) is 26.2 Å². The first-order valence-electron chi connectivity index (χ1n) is 8.16. The number of fused-ring (bicyclic) bond motifs is 1. The topological polar surface area (TPSA) is 45.5 Å². The van der Waals surface area contributed by atoms with E-state index in [1.807, 2.05) is 30.0 Å². The maximum Gasteiger partial charge on any atom is 0.289 e. The van der Waals surface area contributed by atoms with Gasteiger partial charge in [0.2, 0.25) is 0 Å². The molecule has 2 aliphatic rings. The molecule has 22 heavy (non-hydrogen) atoms. The van der Waals surface area contributed by atoms with Gasteiger partial charge in [-0.05, 0) is 56.3 Å². The summed E-state index contributed by atoms with van der Waals surface area (Å²) in [6, 6.07) is 7.89. The summed E-state index contributed by atoms with van der Waals surface area (Å²) >= 11 is 0. The third kappa shape index (κ3) is 2.31. The van der Waals surface area contributed by atoms with Gasteiger partial charge >= 0.3 is 0 Å². The molecule has 2 aromatic rings. The summed E-state index contributed by atoms with van der Waals surface area (Å²) in [4.78, 5) is 14.6. The van der Waals surface area contributed by atoms with Crippen molar-refractivity contribution < 1.29 is 9.21 Å². The molecule has 2 fully saturated rings. The Morgan fingerprint density at radius 2 is 2.05 bits per heavy atom. The Balaban J connectivity index is 1.51. The second-order valence-electron chi connectivity index (χ2n) is 6.87. The van der Waals surface area contributed by atoms with Gasteiger partial charge in [-0.15, -0.1) is 0 Å². The van der Waals surface area contributed by atoms with Crippen LogP contribution in [-0.4, -0.2) is 37.0 Å². The van der Waals surface area contributed by atoms with Crippen molar-refractivity contribution in [2.75, 3.05) is 26.2 Å². The molecule has 2 aliphatic heterocycles. The van der Waals surface area contributed by atoms with Crippen molar-refractivity contribution in [3.05, 3.63) is 35.6 Å². The van der Waals surface area contributed by atoms with E-state index in [1.165, 1.54) is 12.0 Å². The normalized spacial score (nSPS) is 20.9. The number of carbonyl (C=O) groups is 1. The first-order chi connectivity index (χ1) is 10.7. The molecule has 1 amide bonds. The van der Waals surface area contributed by atoms with Crippen molar-refractivity contribution in [1.82, 2.24) is 10.2 Å². The van der Waals surface area contributed by atoms with E-state index in [4.69, 9.17) is 4.42 Å². The van der Waals surface area contributed by atoms with E-state index in [0.29, 0.717) is 11.2 Å². The minimum atomic E-state index is 0.0367. The lowest BCUT2D eigenvalue weighted by atomic mass is 9.78. The Labute approximate surface area is 130 Å². The summed E-state index contributed by atoms with van der Waals surface area (Å²) in [6.07, 6.45) is 3.45. The molecule has 1 aromatic carbocycles. The van der Waals surface area contributed by atoms with Crippen LogP contribution in [0.1, 0.15) is 35.4 Å². The molecule has 4 nitrogen and oxygen atoms in total. The molecule has 0 aliphatic carbocycles. The summed E-state index contributed by atoms with van der Waals surface area (Å²) in [5, 5.41) is 4.47. The summed E-state index contributed by atoms with van der Waals surface area (Å²) in [6.45, 7) is 5.97. The zero-order chi connectivity index (χ0) is 15.2. The Bertz CT molecular complexity index is 703. The number of benzene rings is 1. The lowest BCUT2D eigenvalue weighted by molar-refractivity contribution is 0.0579. The van der Waals surface area contributed by atoms with Crippen LogP contribution >= 0.6 is 0 Å². The van der Waals surface area contributed by atoms with Crippen molar-refractivity contribution in [3.8, 4) is 0 Å². The summed E-state index contributed by atoms with van der Waals surface area (Å²) in [7, 11) is 0. The van der Waals surface area contributed by atoms with Crippen LogP contribution in [0.4, 0.5) is 0 Å². The standard InChI is InChI=1S/C18H22N2O2/c1-13-2-3-15-14(10-13)11-16(22-15)17(21)20-8-5-18(6-9-20)4-7-19-12-18/h2-3,10-11,19H,4-9,12H2,1H3. The van der Waals surface area contributed by atoms with E-state index >= 15 is 0 Å². The molecule has 0 unspecified atom stereocenters. The zero-order valence-corrected chi connectivity index (χ0v) is 13.0. The molecule has 0 atom stereocenters. The summed E-state index contributed by atoms with van der Waals surface area (Å²) < 4.78 is 5.75. The number of amides is 1. The Morgan fingerprint density at radius 3 is 2.77 bits per heavy atom. The Kier molecular flexibility index (Phi) is 3.22. The molecule has 0 saturated carbocycles. The van der Waals surface area contributed by atoms with Gasteiger partial charge in [-0.3, -0.25) is 4.79 Å². The molecular formula is C18H22N2O2. The van der Waals surface area contributed by atoms with Crippen LogP contribution in [0.2, 0.25) is 0 Å². The molecule has 1 aromatic heterocycles. The number of carbonyl (C=O) groups excluding carboxylic acids is 1. The molecule has 116 valence electrons.